The van der Waals surface area contributed by atoms with E-state index < -0.39 is 10.0 Å². The molecule has 0 amide bonds. The summed E-state index contributed by atoms with van der Waals surface area (Å²) in [7, 11) is -3.03. The number of aliphatic imine (C=N–C) groups is 1. The van der Waals surface area contributed by atoms with Crippen molar-refractivity contribution in [3.63, 3.8) is 0 Å². The van der Waals surface area contributed by atoms with Gasteiger partial charge in [-0.05, 0) is 19.6 Å². The zero-order valence-corrected chi connectivity index (χ0v) is 8.05. The molecule has 0 radical (unpaired) electrons. The zero-order valence-electron chi connectivity index (χ0n) is 7.23. The number of hydrogen-bond acceptors (Lipinski definition) is 3. The Hall–Kier alpha value is -0.420. The molecule has 1 rings (SSSR count). The van der Waals surface area contributed by atoms with E-state index in [9.17, 15) is 8.42 Å². The van der Waals surface area contributed by atoms with Crippen LogP contribution in [0.3, 0.4) is 0 Å². The van der Waals surface area contributed by atoms with Crippen LogP contribution in [0.2, 0.25) is 0 Å². The van der Waals surface area contributed by atoms with Crippen LogP contribution in [-0.4, -0.2) is 44.8 Å². The first kappa shape index (κ1) is 9.67. The summed E-state index contributed by atoms with van der Waals surface area (Å²) in [6.07, 6.45) is 3.09. The van der Waals surface area contributed by atoms with E-state index in [-0.39, 0.29) is 6.04 Å². The molecular formula is C7H14N2O2S. The van der Waals surface area contributed by atoms with Crippen LogP contribution < -0.4 is 0 Å². The van der Waals surface area contributed by atoms with Crippen molar-refractivity contribution in [3.8, 4) is 0 Å². The molecule has 12 heavy (non-hydrogen) atoms. The fraction of sp³-hybridized carbons (Fsp3) is 0.857. The largest absolute Gasteiger partial charge is 0.299 e. The highest BCUT2D eigenvalue weighted by atomic mass is 32.2. The SMILES string of the molecule is C=NC[C@@H]1CCCN1S(C)(=O)=O. The average molecular weight is 190 g/mol. The second-order valence-electron chi connectivity index (χ2n) is 3.08. The molecule has 5 heteroatoms. The normalized spacial score (nSPS) is 25.9. The molecule has 1 fully saturated rings. The summed E-state index contributed by atoms with van der Waals surface area (Å²) < 4.78 is 23.9. The molecule has 4 nitrogen and oxygen atoms in total. The molecule has 1 aliphatic rings. The van der Waals surface area contributed by atoms with Crippen molar-refractivity contribution in [3.05, 3.63) is 0 Å². The minimum absolute atomic E-state index is 0.0532. The first-order valence-electron chi connectivity index (χ1n) is 3.95. The topological polar surface area (TPSA) is 49.7 Å². The average Bonchev–Trinajstić information content (AvgIpc) is 2.34. The molecule has 0 N–H and O–H groups in total. The summed E-state index contributed by atoms with van der Waals surface area (Å²) in [5, 5.41) is 0. The van der Waals surface area contributed by atoms with E-state index >= 15 is 0 Å². The maximum absolute atomic E-state index is 11.2. The minimum Gasteiger partial charge on any atom is -0.299 e. The van der Waals surface area contributed by atoms with E-state index in [0.717, 1.165) is 12.8 Å². The molecule has 0 unspecified atom stereocenters. The van der Waals surface area contributed by atoms with E-state index in [0.29, 0.717) is 13.1 Å². The summed E-state index contributed by atoms with van der Waals surface area (Å²) in [4.78, 5) is 3.73. The van der Waals surface area contributed by atoms with Crippen molar-refractivity contribution >= 4 is 16.7 Å². The van der Waals surface area contributed by atoms with Crippen LogP contribution in [0.4, 0.5) is 0 Å². The lowest BCUT2D eigenvalue weighted by Crippen LogP contribution is -2.36. The van der Waals surface area contributed by atoms with Gasteiger partial charge in [-0.25, -0.2) is 8.42 Å². The van der Waals surface area contributed by atoms with Crippen LogP contribution in [0.25, 0.3) is 0 Å². The number of rotatable bonds is 3. The molecule has 0 aromatic rings. The van der Waals surface area contributed by atoms with Crippen LogP contribution in [0.5, 0.6) is 0 Å². The highest BCUT2D eigenvalue weighted by Crippen LogP contribution is 2.19. The quantitative estimate of drug-likeness (QED) is 0.593. The molecule has 0 aromatic heterocycles. The Balaban J connectivity index is 2.70. The van der Waals surface area contributed by atoms with Gasteiger partial charge in [-0.1, -0.05) is 0 Å². The summed E-state index contributed by atoms with van der Waals surface area (Å²) in [5.74, 6) is 0. The second kappa shape index (κ2) is 3.53. The van der Waals surface area contributed by atoms with Gasteiger partial charge >= 0.3 is 0 Å². The molecule has 0 spiro atoms. The Morgan fingerprint density at radius 3 is 2.83 bits per heavy atom. The molecule has 1 aliphatic heterocycles. The van der Waals surface area contributed by atoms with Crippen LogP contribution in [0.15, 0.2) is 4.99 Å². The lowest BCUT2D eigenvalue weighted by Gasteiger charge is -2.19. The summed E-state index contributed by atoms with van der Waals surface area (Å²) in [6, 6.07) is 0.0532. The van der Waals surface area contributed by atoms with Crippen molar-refractivity contribution in [2.45, 2.75) is 18.9 Å². The van der Waals surface area contributed by atoms with Crippen LogP contribution in [0.1, 0.15) is 12.8 Å². The van der Waals surface area contributed by atoms with E-state index in [1.54, 1.807) is 0 Å². The standard InChI is InChI=1S/C7H14N2O2S/c1-8-6-7-4-3-5-9(7)12(2,10)11/h7H,1,3-6H2,2H3/t7-/m0/s1. The monoisotopic (exact) mass is 190 g/mol. The third-order valence-electron chi connectivity index (χ3n) is 2.09. The number of nitrogens with zero attached hydrogens (tertiary/aromatic N) is 2. The fourth-order valence-electron chi connectivity index (χ4n) is 1.58. The lowest BCUT2D eigenvalue weighted by molar-refractivity contribution is 0.397. The first-order valence-corrected chi connectivity index (χ1v) is 5.80. The summed E-state index contributed by atoms with van der Waals surface area (Å²) in [5.41, 5.74) is 0. The van der Waals surface area contributed by atoms with E-state index in [2.05, 4.69) is 11.7 Å². The lowest BCUT2D eigenvalue weighted by atomic mass is 10.2. The number of sulfonamides is 1. The Kier molecular flexibility index (Phi) is 2.85. The van der Waals surface area contributed by atoms with E-state index in [4.69, 9.17) is 0 Å². The van der Waals surface area contributed by atoms with Crippen molar-refractivity contribution in [1.82, 2.24) is 4.31 Å². The Labute approximate surface area is 73.3 Å². The van der Waals surface area contributed by atoms with Crippen molar-refractivity contribution in [1.29, 1.82) is 0 Å². The third kappa shape index (κ3) is 2.04. The molecule has 0 aromatic carbocycles. The Morgan fingerprint density at radius 1 is 1.67 bits per heavy atom. The van der Waals surface area contributed by atoms with Crippen LogP contribution in [0, 0.1) is 0 Å². The highest BCUT2D eigenvalue weighted by Gasteiger charge is 2.30. The van der Waals surface area contributed by atoms with Gasteiger partial charge in [-0.3, -0.25) is 4.99 Å². The predicted molar refractivity (Wildman–Crippen MR) is 49.0 cm³/mol. The smallest absolute Gasteiger partial charge is 0.211 e. The maximum atomic E-state index is 11.2. The molecule has 0 bridgehead atoms. The van der Waals surface area contributed by atoms with Crippen molar-refractivity contribution in [2.75, 3.05) is 19.3 Å². The van der Waals surface area contributed by atoms with E-state index in [1.165, 1.54) is 10.6 Å². The third-order valence-corrected chi connectivity index (χ3v) is 3.42. The minimum atomic E-state index is -3.03. The fourth-order valence-corrected chi connectivity index (χ4v) is 2.75. The van der Waals surface area contributed by atoms with Crippen molar-refractivity contribution < 1.29 is 8.42 Å². The van der Waals surface area contributed by atoms with Crippen LogP contribution in [-0.2, 0) is 10.0 Å². The molecule has 1 atom stereocenters. The van der Waals surface area contributed by atoms with Crippen LogP contribution >= 0.6 is 0 Å². The van der Waals surface area contributed by atoms with Gasteiger partial charge in [0.2, 0.25) is 10.0 Å². The Bertz CT molecular complexity index is 261. The molecule has 70 valence electrons. The Morgan fingerprint density at radius 2 is 2.33 bits per heavy atom. The molecule has 1 saturated heterocycles. The zero-order chi connectivity index (χ0) is 9.19. The van der Waals surface area contributed by atoms with Gasteiger partial charge in [-0.15, -0.1) is 0 Å². The van der Waals surface area contributed by atoms with Gasteiger partial charge in [0, 0.05) is 12.6 Å². The summed E-state index contributed by atoms with van der Waals surface area (Å²) >= 11 is 0. The van der Waals surface area contributed by atoms with Gasteiger partial charge in [0.25, 0.3) is 0 Å². The molecular weight excluding hydrogens is 176 g/mol. The predicted octanol–water partition coefficient (Wildman–Crippen LogP) is 0.111. The van der Waals surface area contributed by atoms with Gasteiger partial charge in [0.15, 0.2) is 0 Å². The summed E-state index contributed by atoms with van der Waals surface area (Å²) in [6.45, 7) is 4.53. The van der Waals surface area contributed by atoms with Gasteiger partial charge < -0.3 is 0 Å². The highest BCUT2D eigenvalue weighted by molar-refractivity contribution is 7.88. The molecule has 0 saturated carbocycles. The molecule has 1 heterocycles. The van der Waals surface area contributed by atoms with Gasteiger partial charge in [0.1, 0.15) is 0 Å². The van der Waals surface area contributed by atoms with Gasteiger partial charge in [-0.2, -0.15) is 4.31 Å². The number of hydrogen-bond donors (Lipinski definition) is 0. The van der Waals surface area contributed by atoms with Crippen molar-refractivity contribution in [2.24, 2.45) is 4.99 Å². The second-order valence-corrected chi connectivity index (χ2v) is 5.01. The van der Waals surface area contributed by atoms with Gasteiger partial charge in [0.05, 0.1) is 12.8 Å². The first-order chi connectivity index (χ1) is 5.55. The molecule has 0 aliphatic carbocycles. The van der Waals surface area contributed by atoms with E-state index in [1.807, 2.05) is 0 Å². The maximum Gasteiger partial charge on any atom is 0.211 e.